The molecule has 2 rings (SSSR count). The largest absolute Gasteiger partial charge is 0.399 e. The number of piperidine rings is 1. The molecule has 18 heavy (non-hydrogen) atoms. The molecule has 1 fully saturated rings. The van der Waals surface area contributed by atoms with Crippen LogP contribution in [-0.4, -0.2) is 25.8 Å². The molecule has 1 aliphatic heterocycles. The first-order valence-electron chi connectivity index (χ1n) is 6.92. The molecule has 0 aliphatic carbocycles. The normalized spacial score (nSPS) is 20.1. The highest BCUT2D eigenvalue weighted by molar-refractivity contribution is 5.58. The van der Waals surface area contributed by atoms with Crippen molar-refractivity contribution in [3.8, 4) is 0 Å². The number of benzene rings is 1. The van der Waals surface area contributed by atoms with Gasteiger partial charge in [0.2, 0.25) is 0 Å². The number of anilines is 2. The molecule has 1 unspecified atom stereocenters. The molecular weight excluding hydrogens is 224 g/mol. The third-order valence-electron chi connectivity index (χ3n) is 3.39. The molecule has 1 aliphatic rings. The second kappa shape index (κ2) is 6.10. The van der Waals surface area contributed by atoms with E-state index in [9.17, 15) is 0 Å². The number of aryl methyl sites for hydroxylation is 1. The monoisotopic (exact) mass is 248 g/mol. The smallest absolute Gasteiger partial charge is 0.0750 e. The van der Waals surface area contributed by atoms with E-state index in [1.807, 2.05) is 6.07 Å². The van der Waals surface area contributed by atoms with Gasteiger partial charge in [-0.15, -0.1) is 0 Å². The predicted octanol–water partition coefficient (Wildman–Crippen LogP) is 2.97. The van der Waals surface area contributed by atoms with Gasteiger partial charge in [-0.2, -0.15) is 0 Å². The topological polar surface area (TPSA) is 38.5 Å². The summed E-state index contributed by atoms with van der Waals surface area (Å²) in [6, 6.07) is 6.28. The van der Waals surface area contributed by atoms with Crippen LogP contribution in [0, 0.1) is 6.92 Å². The average Bonchev–Trinajstić information content (AvgIpc) is 2.35. The first-order valence-corrected chi connectivity index (χ1v) is 6.92. The minimum atomic E-state index is 0.375. The van der Waals surface area contributed by atoms with Gasteiger partial charge in [-0.25, -0.2) is 0 Å². The number of nitrogen functional groups attached to an aromatic ring is 1. The van der Waals surface area contributed by atoms with Crippen LogP contribution in [0.5, 0.6) is 0 Å². The molecule has 2 N–H and O–H groups in total. The highest BCUT2D eigenvalue weighted by atomic mass is 16.5. The highest BCUT2D eigenvalue weighted by Crippen LogP contribution is 2.24. The van der Waals surface area contributed by atoms with E-state index in [1.54, 1.807) is 0 Å². The Labute approximate surface area is 110 Å². The molecule has 0 saturated carbocycles. The number of hydrogen-bond donors (Lipinski definition) is 1. The predicted molar refractivity (Wildman–Crippen MR) is 77.1 cm³/mol. The SMILES string of the molecule is CCCOC1CCCN(c2cc(C)cc(N)c2)C1. The van der Waals surface area contributed by atoms with Crippen LogP contribution in [0.25, 0.3) is 0 Å². The number of hydrogen-bond acceptors (Lipinski definition) is 3. The lowest BCUT2D eigenvalue weighted by molar-refractivity contribution is 0.0440. The number of nitrogens with two attached hydrogens (primary N) is 1. The summed E-state index contributed by atoms with van der Waals surface area (Å²) in [6.45, 7) is 7.21. The lowest BCUT2D eigenvalue weighted by atomic mass is 10.1. The van der Waals surface area contributed by atoms with E-state index in [0.717, 1.165) is 31.8 Å². The summed E-state index contributed by atoms with van der Waals surface area (Å²) >= 11 is 0. The molecule has 3 heteroatoms. The van der Waals surface area contributed by atoms with Crippen LogP contribution >= 0.6 is 0 Å². The number of ether oxygens (including phenoxy) is 1. The lowest BCUT2D eigenvalue weighted by Crippen LogP contribution is -2.39. The van der Waals surface area contributed by atoms with Gasteiger partial charge < -0.3 is 15.4 Å². The van der Waals surface area contributed by atoms with Gasteiger partial charge >= 0.3 is 0 Å². The van der Waals surface area contributed by atoms with E-state index < -0.39 is 0 Å². The van der Waals surface area contributed by atoms with Gasteiger partial charge in [-0.05, 0) is 49.9 Å². The third-order valence-corrected chi connectivity index (χ3v) is 3.39. The molecule has 0 aromatic heterocycles. The van der Waals surface area contributed by atoms with Crippen LogP contribution < -0.4 is 10.6 Å². The van der Waals surface area contributed by atoms with E-state index in [0.29, 0.717) is 6.10 Å². The van der Waals surface area contributed by atoms with Crippen LogP contribution in [0.4, 0.5) is 11.4 Å². The van der Waals surface area contributed by atoms with Crippen molar-refractivity contribution in [2.45, 2.75) is 39.2 Å². The molecule has 1 saturated heterocycles. The van der Waals surface area contributed by atoms with Gasteiger partial charge in [0, 0.05) is 31.1 Å². The maximum absolute atomic E-state index is 5.92. The fraction of sp³-hybridized carbons (Fsp3) is 0.600. The molecule has 0 radical (unpaired) electrons. The van der Waals surface area contributed by atoms with E-state index >= 15 is 0 Å². The van der Waals surface area contributed by atoms with E-state index in [4.69, 9.17) is 10.5 Å². The molecule has 1 heterocycles. The van der Waals surface area contributed by atoms with Gasteiger partial charge in [-0.1, -0.05) is 6.92 Å². The molecule has 0 amide bonds. The van der Waals surface area contributed by atoms with Gasteiger partial charge in [-0.3, -0.25) is 0 Å². The van der Waals surface area contributed by atoms with E-state index in [-0.39, 0.29) is 0 Å². The van der Waals surface area contributed by atoms with Crippen molar-refractivity contribution in [2.75, 3.05) is 30.3 Å². The fourth-order valence-electron chi connectivity index (χ4n) is 2.57. The van der Waals surface area contributed by atoms with Crippen molar-refractivity contribution in [1.82, 2.24) is 0 Å². The van der Waals surface area contributed by atoms with Crippen molar-refractivity contribution in [2.24, 2.45) is 0 Å². The lowest BCUT2D eigenvalue weighted by Gasteiger charge is -2.34. The Bertz CT molecular complexity index is 372. The van der Waals surface area contributed by atoms with Crippen LogP contribution in [0.1, 0.15) is 31.7 Å². The maximum atomic E-state index is 5.92. The summed E-state index contributed by atoms with van der Waals surface area (Å²) in [5.74, 6) is 0. The first-order chi connectivity index (χ1) is 8.69. The standard InChI is InChI=1S/C15H24N2O/c1-3-7-18-15-5-4-6-17(11-15)14-9-12(2)8-13(16)10-14/h8-10,15H,3-7,11,16H2,1-2H3. The van der Waals surface area contributed by atoms with Crippen LogP contribution in [-0.2, 0) is 4.74 Å². The van der Waals surface area contributed by atoms with Crippen molar-refractivity contribution in [3.63, 3.8) is 0 Å². The molecule has 1 atom stereocenters. The molecule has 3 nitrogen and oxygen atoms in total. The summed E-state index contributed by atoms with van der Waals surface area (Å²) in [4.78, 5) is 2.40. The molecule has 100 valence electrons. The van der Waals surface area contributed by atoms with E-state index in [2.05, 4.69) is 30.9 Å². The van der Waals surface area contributed by atoms with Crippen molar-refractivity contribution < 1.29 is 4.74 Å². The Morgan fingerprint density at radius 2 is 2.22 bits per heavy atom. The average molecular weight is 248 g/mol. The number of nitrogens with zero attached hydrogens (tertiary/aromatic N) is 1. The maximum Gasteiger partial charge on any atom is 0.0750 e. The zero-order valence-electron chi connectivity index (χ0n) is 11.5. The Balaban J connectivity index is 2.03. The van der Waals surface area contributed by atoms with Gasteiger partial charge in [0.05, 0.1) is 6.10 Å². The van der Waals surface area contributed by atoms with Crippen molar-refractivity contribution in [1.29, 1.82) is 0 Å². The third kappa shape index (κ3) is 3.39. The number of rotatable bonds is 4. The summed E-state index contributed by atoms with van der Waals surface area (Å²) in [6.07, 6.45) is 3.84. The van der Waals surface area contributed by atoms with Crippen molar-refractivity contribution >= 4 is 11.4 Å². The zero-order valence-corrected chi connectivity index (χ0v) is 11.5. The van der Waals surface area contributed by atoms with Crippen molar-refractivity contribution in [3.05, 3.63) is 23.8 Å². The minimum Gasteiger partial charge on any atom is -0.399 e. The Kier molecular flexibility index (Phi) is 4.48. The van der Waals surface area contributed by atoms with Crippen LogP contribution in [0.15, 0.2) is 18.2 Å². The fourth-order valence-corrected chi connectivity index (χ4v) is 2.57. The second-order valence-electron chi connectivity index (χ2n) is 5.18. The summed E-state index contributed by atoms with van der Waals surface area (Å²) in [5, 5.41) is 0. The Hall–Kier alpha value is -1.22. The first kappa shape index (κ1) is 13.2. The van der Waals surface area contributed by atoms with Gasteiger partial charge in [0.15, 0.2) is 0 Å². The highest BCUT2D eigenvalue weighted by Gasteiger charge is 2.20. The molecule has 0 bridgehead atoms. The van der Waals surface area contributed by atoms with Gasteiger partial charge in [0.1, 0.15) is 0 Å². The summed E-state index contributed by atoms with van der Waals surface area (Å²) in [5.41, 5.74) is 9.23. The quantitative estimate of drug-likeness (QED) is 0.833. The second-order valence-corrected chi connectivity index (χ2v) is 5.18. The summed E-state index contributed by atoms with van der Waals surface area (Å²) in [7, 11) is 0. The summed E-state index contributed by atoms with van der Waals surface area (Å²) < 4.78 is 5.87. The molecule has 0 spiro atoms. The van der Waals surface area contributed by atoms with Crippen LogP contribution in [0.2, 0.25) is 0 Å². The molecule has 1 aromatic carbocycles. The van der Waals surface area contributed by atoms with E-state index in [1.165, 1.54) is 24.1 Å². The molecule has 1 aromatic rings. The Morgan fingerprint density at radius 1 is 1.39 bits per heavy atom. The zero-order chi connectivity index (χ0) is 13.0. The van der Waals surface area contributed by atoms with Gasteiger partial charge in [0.25, 0.3) is 0 Å². The minimum absolute atomic E-state index is 0.375. The molecular formula is C15H24N2O. The Morgan fingerprint density at radius 3 is 2.94 bits per heavy atom. The van der Waals surface area contributed by atoms with Crippen LogP contribution in [0.3, 0.4) is 0 Å².